The molecule has 0 aliphatic carbocycles. The summed E-state index contributed by atoms with van der Waals surface area (Å²) in [5.74, 6) is 6.52. The van der Waals surface area contributed by atoms with E-state index in [9.17, 15) is 13.2 Å². The number of aromatic nitrogens is 4. The second kappa shape index (κ2) is 6.40. The van der Waals surface area contributed by atoms with Gasteiger partial charge in [-0.15, -0.1) is 0 Å². The fourth-order valence-electron chi connectivity index (χ4n) is 2.25. The Labute approximate surface area is 142 Å². The molecule has 0 N–H and O–H groups in total. The number of hydrogen-bond donors (Lipinski definition) is 0. The third kappa shape index (κ3) is 3.86. The maximum atomic E-state index is 12.9. The van der Waals surface area contributed by atoms with Crippen LogP contribution in [0.2, 0.25) is 0 Å². The summed E-state index contributed by atoms with van der Waals surface area (Å²) >= 11 is 0. The Morgan fingerprint density at radius 2 is 1.76 bits per heavy atom. The van der Waals surface area contributed by atoms with Gasteiger partial charge < -0.3 is 0 Å². The Bertz CT molecular complexity index is 978. The molecule has 0 bridgehead atoms. The maximum Gasteiger partial charge on any atom is 0.416 e. The fourth-order valence-corrected chi connectivity index (χ4v) is 2.25. The highest BCUT2D eigenvalue weighted by molar-refractivity contribution is 5.41. The van der Waals surface area contributed by atoms with Crippen LogP contribution in [-0.2, 0) is 6.18 Å². The zero-order chi connectivity index (χ0) is 18.0. The van der Waals surface area contributed by atoms with Crippen molar-refractivity contribution in [1.82, 2.24) is 19.5 Å². The highest BCUT2D eigenvalue weighted by Crippen LogP contribution is 2.29. The molecule has 0 amide bonds. The Morgan fingerprint density at radius 1 is 1.00 bits per heavy atom. The summed E-state index contributed by atoms with van der Waals surface area (Å²) in [6.07, 6.45) is -0.0642. The second-order valence-corrected chi connectivity index (χ2v) is 5.38. The Hall–Kier alpha value is -3.14. The van der Waals surface area contributed by atoms with Gasteiger partial charge in [0.15, 0.2) is 0 Å². The number of halogens is 3. The fraction of sp³-hybridized carbons (Fsp3) is 0.167. The van der Waals surface area contributed by atoms with Crippen LogP contribution in [-0.4, -0.2) is 19.5 Å². The van der Waals surface area contributed by atoms with Crippen molar-refractivity contribution in [2.24, 2.45) is 0 Å². The molecule has 0 saturated carbocycles. The SMILES string of the molecule is Cc1cc(C#Cc2cn(-c3cc(C(F)(F)F)ccn3)c(C)n2)ccn1. The van der Waals surface area contributed by atoms with Crippen molar-refractivity contribution in [3.8, 4) is 17.7 Å². The summed E-state index contributed by atoms with van der Waals surface area (Å²) in [4.78, 5) is 12.4. The number of imidazole rings is 1. The molecule has 3 heterocycles. The van der Waals surface area contributed by atoms with Crippen LogP contribution in [0.15, 0.2) is 42.9 Å². The second-order valence-electron chi connectivity index (χ2n) is 5.38. The predicted octanol–water partition coefficient (Wildman–Crippen LogP) is 3.70. The van der Waals surface area contributed by atoms with E-state index in [4.69, 9.17) is 0 Å². The third-order valence-electron chi connectivity index (χ3n) is 3.43. The normalized spacial score (nSPS) is 11.1. The molecule has 0 saturated heterocycles. The van der Waals surface area contributed by atoms with Crippen LogP contribution >= 0.6 is 0 Å². The minimum Gasteiger partial charge on any atom is -0.287 e. The number of alkyl halides is 3. The minimum absolute atomic E-state index is 0.146. The molecule has 4 nitrogen and oxygen atoms in total. The van der Waals surface area contributed by atoms with E-state index in [0.717, 1.165) is 29.6 Å². The van der Waals surface area contributed by atoms with Gasteiger partial charge in [0.1, 0.15) is 17.3 Å². The van der Waals surface area contributed by atoms with Crippen LogP contribution in [0.4, 0.5) is 13.2 Å². The minimum atomic E-state index is -4.42. The molecule has 0 unspecified atom stereocenters. The first-order valence-corrected chi connectivity index (χ1v) is 7.37. The first-order chi connectivity index (χ1) is 11.8. The first-order valence-electron chi connectivity index (χ1n) is 7.37. The summed E-state index contributed by atoms with van der Waals surface area (Å²) in [5.41, 5.74) is 1.33. The van der Waals surface area contributed by atoms with Gasteiger partial charge in [-0.05, 0) is 44.0 Å². The van der Waals surface area contributed by atoms with Gasteiger partial charge in [0.25, 0.3) is 0 Å². The van der Waals surface area contributed by atoms with Gasteiger partial charge in [0.05, 0.1) is 5.56 Å². The van der Waals surface area contributed by atoms with E-state index in [1.807, 2.05) is 13.0 Å². The van der Waals surface area contributed by atoms with Crippen LogP contribution < -0.4 is 0 Å². The van der Waals surface area contributed by atoms with Gasteiger partial charge in [0, 0.05) is 29.8 Å². The Morgan fingerprint density at radius 3 is 2.48 bits per heavy atom. The number of aryl methyl sites for hydroxylation is 2. The summed E-state index contributed by atoms with van der Waals surface area (Å²) in [6, 6.07) is 5.53. The van der Waals surface area contributed by atoms with Gasteiger partial charge in [-0.25, -0.2) is 9.97 Å². The van der Waals surface area contributed by atoms with Gasteiger partial charge >= 0.3 is 6.18 Å². The average Bonchev–Trinajstić information content (AvgIpc) is 2.93. The lowest BCUT2D eigenvalue weighted by molar-refractivity contribution is -0.137. The van der Waals surface area contributed by atoms with E-state index >= 15 is 0 Å². The predicted molar refractivity (Wildman–Crippen MR) is 86.1 cm³/mol. The van der Waals surface area contributed by atoms with Crippen molar-refractivity contribution < 1.29 is 13.2 Å². The Kier molecular flexibility index (Phi) is 4.28. The highest BCUT2D eigenvalue weighted by Gasteiger charge is 2.31. The number of nitrogens with zero attached hydrogens (tertiary/aromatic N) is 4. The van der Waals surface area contributed by atoms with Crippen LogP contribution in [0.1, 0.15) is 28.3 Å². The lowest BCUT2D eigenvalue weighted by Crippen LogP contribution is -2.07. The molecule has 0 aliphatic rings. The molecule has 0 atom stereocenters. The molecule has 0 aliphatic heterocycles. The smallest absolute Gasteiger partial charge is 0.287 e. The Balaban J connectivity index is 1.94. The third-order valence-corrected chi connectivity index (χ3v) is 3.43. The van der Waals surface area contributed by atoms with Crippen LogP contribution in [0.3, 0.4) is 0 Å². The van der Waals surface area contributed by atoms with E-state index < -0.39 is 11.7 Å². The van der Waals surface area contributed by atoms with Crippen molar-refractivity contribution in [2.75, 3.05) is 0 Å². The van der Waals surface area contributed by atoms with Crippen molar-refractivity contribution >= 4 is 0 Å². The quantitative estimate of drug-likeness (QED) is 0.634. The molecule has 3 rings (SSSR count). The molecular weight excluding hydrogens is 329 g/mol. The molecule has 0 fully saturated rings. The zero-order valence-corrected chi connectivity index (χ0v) is 13.5. The highest BCUT2D eigenvalue weighted by atomic mass is 19.4. The molecule has 25 heavy (non-hydrogen) atoms. The average molecular weight is 342 g/mol. The standard InChI is InChI=1S/C18H13F3N4/c1-12-9-14(5-7-22-12)3-4-16-11-25(13(2)24-16)17-10-15(6-8-23-17)18(19,20)21/h5-11H,1-2H3. The summed E-state index contributed by atoms with van der Waals surface area (Å²) in [6.45, 7) is 3.55. The van der Waals surface area contributed by atoms with E-state index in [1.165, 1.54) is 4.57 Å². The van der Waals surface area contributed by atoms with Crippen molar-refractivity contribution in [1.29, 1.82) is 0 Å². The summed E-state index contributed by atoms with van der Waals surface area (Å²) in [7, 11) is 0. The van der Waals surface area contributed by atoms with Gasteiger partial charge in [-0.3, -0.25) is 9.55 Å². The summed E-state index contributed by atoms with van der Waals surface area (Å²) < 4.78 is 40.0. The summed E-state index contributed by atoms with van der Waals surface area (Å²) in [5, 5.41) is 0. The molecule has 3 aromatic heterocycles. The van der Waals surface area contributed by atoms with Crippen LogP contribution in [0.5, 0.6) is 0 Å². The van der Waals surface area contributed by atoms with E-state index in [0.29, 0.717) is 11.5 Å². The molecule has 126 valence electrons. The molecule has 0 spiro atoms. The van der Waals surface area contributed by atoms with Gasteiger partial charge in [0.2, 0.25) is 0 Å². The van der Waals surface area contributed by atoms with E-state index in [-0.39, 0.29) is 5.82 Å². The zero-order valence-electron chi connectivity index (χ0n) is 13.5. The van der Waals surface area contributed by atoms with Gasteiger partial charge in [-0.1, -0.05) is 5.92 Å². The lowest BCUT2D eigenvalue weighted by Gasteiger charge is -2.09. The van der Waals surface area contributed by atoms with Crippen LogP contribution in [0, 0.1) is 25.7 Å². The number of rotatable bonds is 1. The molecule has 0 radical (unpaired) electrons. The largest absolute Gasteiger partial charge is 0.416 e. The first kappa shape index (κ1) is 16.7. The molecular formula is C18H13F3N4. The van der Waals surface area contributed by atoms with E-state index in [2.05, 4.69) is 26.8 Å². The molecule has 0 aromatic carbocycles. The van der Waals surface area contributed by atoms with E-state index in [1.54, 1.807) is 25.4 Å². The lowest BCUT2D eigenvalue weighted by atomic mass is 10.2. The molecule has 7 heteroatoms. The monoisotopic (exact) mass is 342 g/mol. The van der Waals surface area contributed by atoms with Crippen molar-refractivity contribution in [3.05, 3.63) is 71.2 Å². The number of hydrogen-bond acceptors (Lipinski definition) is 3. The number of pyridine rings is 2. The van der Waals surface area contributed by atoms with Crippen molar-refractivity contribution in [3.63, 3.8) is 0 Å². The molecule has 3 aromatic rings. The van der Waals surface area contributed by atoms with Crippen molar-refractivity contribution in [2.45, 2.75) is 20.0 Å². The maximum absolute atomic E-state index is 12.9. The van der Waals surface area contributed by atoms with Crippen LogP contribution in [0.25, 0.3) is 5.82 Å². The van der Waals surface area contributed by atoms with Gasteiger partial charge in [-0.2, -0.15) is 13.2 Å². The topological polar surface area (TPSA) is 43.6 Å².